The van der Waals surface area contributed by atoms with E-state index in [1.807, 2.05) is 31.2 Å². The molecule has 0 spiro atoms. The van der Waals surface area contributed by atoms with Crippen molar-refractivity contribution in [2.75, 3.05) is 18.4 Å². The van der Waals surface area contributed by atoms with E-state index in [1.165, 1.54) is 0 Å². The molecule has 0 aliphatic carbocycles. The van der Waals surface area contributed by atoms with Gasteiger partial charge in [-0.1, -0.05) is 12.1 Å². The molecule has 1 heterocycles. The first-order valence-electron chi connectivity index (χ1n) is 6.31. The summed E-state index contributed by atoms with van der Waals surface area (Å²) in [6.07, 6.45) is 1.59. The number of likely N-dealkylation sites (tertiary alicyclic amines) is 1. The SMILES string of the molecule is Cc1cccc(NC(=O)N2CCCC(C)(O)C2)c1. The van der Waals surface area contributed by atoms with E-state index in [-0.39, 0.29) is 6.03 Å². The summed E-state index contributed by atoms with van der Waals surface area (Å²) in [6.45, 7) is 4.86. The predicted octanol–water partition coefficient (Wildman–Crippen LogP) is 2.37. The lowest BCUT2D eigenvalue weighted by Crippen LogP contribution is -2.49. The van der Waals surface area contributed by atoms with Gasteiger partial charge in [0.15, 0.2) is 0 Å². The van der Waals surface area contributed by atoms with Crippen molar-refractivity contribution in [1.29, 1.82) is 0 Å². The van der Waals surface area contributed by atoms with Gasteiger partial charge in [-0.25, -0.2) is 4.79 Å². The van der Waals surface area contributed by atoms with Crippen LogP contribution in [0.2, 0.25) is 0 Å². The van der Waals surface area contributed by atoms with Gasteiger partial charge >= 0.3 is 6.03 Å². The lowest BCUT2D eigenvalue weighted by molar-refractivity contribution is -0.000635. The molecule has 0 bridgehead atoms. The fraction of sp³-hybridized carbons (Fsp3) is 0.500. The molecule has 2 amide bonds. The highest BCUT2D eigenvalue weighted by molar-refractivity contribution is 5.89. The number of hydrogen-bond donors (Lipinski definition) is 2. The van der Waals surface area contributed by atoms with E-state index in [0.29, 0.717) is 13.1 Å². The summed E-state index contributed by atoms with van der Waals surface area (Å²) in [4.78, 5) is 13.7. The van der Waals surface area contributed by atoms with Crippen LogP contribution in [0.4, 0.5) is 10.5 Å². The van der Waals surface area contributed by atoms with Gasteiger partial charge in [0.2, 0.25) is 0 Å². The number of piperidine rings is 1. The second-order valence-corrected chi connectivity index (χ2v) is 5.32. The van der Waals surface area contributed by atoms with E-state index in [2.05, 4.69) is 5.32 Å². The van der Waals surface area contributed by atoms with Crippen LogP contribution in [-0.4, -0.2) is 34.7 Å². The molecule has 18 heavy (non-hydrogen) atoms. The smallest absolute Gasteiger partial charge is 0.321 e. The summed E-state index contributed by atoms with van der Waals surface area (Å²) in [5.74, 6) is 0. The molecule has 0 aromatic heterocycles. The number of nitrogens with one attached hydrogen (secondary N) is 1. The largest absolute Gasteiger partial charge is 0.388 e. The van der Waals surface area contributed by atoms with Crippen LogP contribution < -0.4 is 5.32 Å². The van der Waals surface area contributed by atoms with Crippen molar-refractivity contribution in [2.45, 2.75) is 32.3 Å². The van der Waals surface area contributed by atoms with E-state index in [0.717, 1.165) is 24.1 Å². The lowest BCUT2D eigenvalue weighted by atomic mass is 9.95. The Morgan fingerprint density at radius 1 is 1.50 bits per heavy atom. The van der Waals surface area contributed by atoms with Gasteiger partial charge in [-0.3, -0.25) is 0 Å². The van der Waals surface area contributed by atoms with Crippen molar-refractivity contribution in [3.8, 4) is 0 Å². The van der Waals surface area contributed by atoms with Crippen LogP contribution in [0.1, 0.15) is 25.3 Å². The molecule has 1 aromatic carbocycles. The van der Waals surface area contributed by atoms with E-state index in [4.69, 9.17) is 0 Å². The number of urea groups is 1. The third-order valence-electron chi connectivity index (χ3n) is 3.23. The highest BCUT2D eigenvalue weighted by Gasteiger charge is 2.30. The van der Waals surface area contributed by atoms with Crippen molar-refractivity contribution in [3.63, 3.8) is 0 Å². The van der Waals surface area contributed by atoms with Crippen molar-refractivity contribution < 1.29 is 9.90 Å². The van der Waals surface area contributed by atoms with Crippen LogP contribution in [0.25, 0.3) is 0 Å². The van der Waals surface area contributed by atoms with Crippen molar-refractivity contribution >= 4 is 11.7 Å². The first-order valence-corrected chi connectivity index (χ1v) is 6.31. The molecule has 0 saturated carbocycles. The van der Waals surface area contributed by atoms with E-state index in [1.54, 1.807) is 11.8 Å². The van der Waals surface area contributed by atoms with Gasteiger partial charge in [0.25, 0.3) is 0 Å². The Morgan fingerprint density at radius 3 is 2.94 bits per heavy atom. The van der Waals surface area contributed by atoms with E-state index >= 15 is 0 Å². The molecule has 1 unspecified atom stereocenters. The maximum Gasteiger partial charge on any atom is 0.321 e. The topological polar surface area (TPSA) is 52.6 Å². The number of aliphatic hydroxyl groups is 1. The summed E-state index contributed by atoms with van der Waals surface area (Å²) >= 11 is 0. The van der Waals surface area contributed by atoms with Gasteiger partial charge in [0.05, 0.1) is 12.1 Å². The Kier molecular flexibility index (Phi) is 3.57. The Morgan fingerprint density at radius 2 is 2.28 bits per heavy atom. The molecular weight excluding hydrogens is 228 g/mol. The number of aryl methyl sites for hydroxylation is 1. The molecule has 4 nitrogen and oxygen atoms in total. The predicted molar refractivity (Wildman–Crippen MR) is 71.6 cm³/mol. The molecule has 2 N–H and O–H groups in total. The highest BCUT2D eigenvalue weighted by atomic mass is 16.3. The molecule has 1 aromatic rings. The van der Waals surface area contributed by atoms with Gasteiger partial charge in [-0.05, 0) is 44.4 Å². The van der Waals surface area contributed by atoms with Crippen LogP contribution in [0.3, 0.4) is 0 Å². The minimum Gasteiger partial charge on any atom is -0.388 e. The molecule has 1 fully saturated rings. The number of rotatable bonds is 1. The molecular formula is C14H20N2O2. The third-order valence-corrected chi connectivity index (χ3v) is 3.23. The first kappa shape index (κ1) is 12.9. The first-order chi connectivity index (χ1) is 8.46. The average Bonchev–Trinajstić information content (AvgIpc) is 2.27. The van der Waals surface area contributed by atoms with Crippen LogP contribution in [-0.2, 0) is 0 Å². The number of β-amino-alcohol motifs (C(OH)–C–C–N with tert-alkyl or cyclic N) is 1. The molecule has 2 rings (SSSR count). The Bertz CT molecular complexity index is 443. The Labute approximate surface area is 108 Å². The van der Waals surface area contributed by atoms with Gasteiger partial charge in [-0.2, -0.15) is 0 Å². The zero-order valence-electron chi connectivity index (χ0n) is 10.9. The quantitative estimate of drug-likeness (QED) is 0.801. The number of hydrogen-bond acceptors (Lipinski definition) is 2. The number of benzene rings is 1. The lowest BCUT2D eigenvalue weighted by Gasteiger charge is -2.36. The number of carbonyl (C=O) groups excluding carboxylic acids is 1. The minimum absolute atomic E-state index is 0.138. The molecule has 1 atom stereocenters. The monoisotopic (exact) mass is 248 g/mol. The van der Waals surface area contributed by atoms with Gasteiger partial charge in [0, 0.05) is 12.2 Å². The number of carbonyl (C=O) groups is 1. The fourth-order valence-electron chi connectivity index (χ4n) is 2.32. The van der Waals surface area contributed by atoms with Crippen LogP contribution in [0.15, 0.2) is 24.3 Å². The van der Waals surface area contributed by atoms with E-state index in [9.17, 15) is 9.90 Å². The summed E-state index contributed by atoms with van der Waals surface area (Å²) in [6, 6.07) is 7.56. The summed E-state index contributed by atoms with van der Waals surface area (Å²) < 4.78 is 0. The summed E-state index contributed by atoms with van der Waals surface area (Å²) in [7, 11) is 0. The standard InChI is InChI=1S/C14H20N2O2/c1-11-5-3-6-12(9-11)15-13(17)16-8-4-7-14(2,18)10-16/h3,5-6,9,18H,4,7-8,10H2,1-2H3,(H,15,17). The zero-order valence-corrected chi connectivity index (χ0v) is 10.9. The van der Waals surface area contributed by atoms with Crippen molar-refractivity contribution in [3.05, 3.63) is 29.8 Å². The van der Waals surface area contributed by atoms with Crippen molar-refractivity contribution in [1.82, 2.24) is 4.90 Å². The number of anilines is 1. The average molecular weight is 248 g/mol. The second-order valence-electron chi connectivity index (χ2n) is 5.32. The van der Waals surface area contributed by atoms with Crippen LogP contribution in [0, 0.1) is 6.92 Å². The van der Waals surface area contributed by atoms with Gasteiger partial charge in [-0.15, -0.1) is 0 Å². The minimum atomic E-state index is -0.762. The zero-order chi connectivity index (χ0) is 13.2. The molecule has 1 aliphatic rings. The molecule has 4 heteroatoms. The Balaban J connectivity index is 2.00. The van der Waals surface area contributed by atoms with Crippen LogP contribution >= 0.6 is 0 Å². The summed E-state index contributed by atoms with van der Waals surface area (Å²) in [5, 5.41) is 12.8. The normalized spacial score (nSPS) is 23.8. The maximum absolute atomic E-state index is 12.1. The summed E-state index contributed by atoms with van der Waals surface area (Å²) in [5.41, 5.74) is 1.14. The van der Waals surface area contributed by atoms with Gasteiger partial charge < -0.3 is 15.3 Å². The molecule has 0 radical (unpaired) electrons. The molecule has 1 saturated heterocycles. The van der Waals surface area contributed by atoms with E-state index < -0.39 is 5.60 Å². The fourth-order valence-corrected chi connectivity index (χ4v) is 2.32. The van der Waals surface area contributed by atoms with Crippen LogP contribution in [0.5, 0.6) is 0 Å². The number of amides is 2. The molecule has 98 valence electrons. The number of nitrogens with zero attached hydrogens (tertiary/aromatic N) is 1. The Hall–Kier alpha value is -1.55. The van der Waals surface area contributed by atoms with Crippen molar-refractivity contribution in [2.24, 2.45) is 0 Å². The highest BCUT2D eigenvalue weighted by Crippen LogP contribution is 2.21. The van der Waals surface area contributed by atoms with Gasteiger partial charge in [0.1, 0.15) is 0 Å². The second kappa shape index (κ2) is 4.98. The maximum atomic E-state index is 12.1. The third kappa shape index (κ3) is 3.23. The molecule has 1 aliphatic heterocycles.